The molecule has 0 saturated carbocycles. The molecule has 6 nitrogen and oxygen atoms in total. The second kappa shape index (κ2) is 11.1. The number of carbonyl (C=O) groups excluding carboxylic acids is 1. The molecule has 38 heavy (non-hydrogen) atoms. The summed E-state index contributed by atoms with van der Waals surface area (Å²) in [6.45, 7) is 6.56. The number of carbonyl (C=O) groups is 1. The summed E-state index contributed by atoms with van der Waals surface area (Å²) in [6.07, 6.45) is 0. The molecule has 6 rings (SSSR count). The molecule has 3 aromatic carbocycles. The van der Waals surface area contributed by atoms with Gasteiger partial charge in [-0.25, -0.2) is 4.99 Å². The lowest BCUT2D eigenvalue weighted by molar-refractivity contribution is -0.122. The molecule has 194 valence electrons. The lowest BCUT2D eigenvalue weighted by atomic mass is 10.2. The number of halogens is 1. The summed E-state index contributed by atoms with van der Waals surface area (Å²) in [4.78, 5) is 27.0. The van der Waals surface area contributed by atoms with Crippen molar-refractivity contribution in [3.05, 3.63) is 93.3 Å². The summed E-state index contributed by atoms with van der Waals surface area (Å²) in [6, 6.07) is 24.2. The molecule has 0 radical (unpaired) electrons. The zero-order chi connectivity index (χ0) is 26.1. The highest BCUT2D eigenvalue weighted by atomic mass is 35.5. The fraction of sp³-hybridized carbons (Fsp3) is 0.241. The van der Waals surface area contributed by atoms with E-state index in [1.807, 2.05) is 60.7 Å². The predicted octanol–water partition coefficient (Wildman–Crippen LogP) is 6.74. The van der Waals surface area contributed by atoms with Gasteiger partial charge in [0.15, 0.2) is 5.17 Å². The second-order valence-corrected chi connectivity index (χ2v) is 11.5. The largest absolute Gasteiger partial charge is 0.378 e. The van der Waals surface area contributed by atoms with Crippen LogP contribution in [0.4, 0.5) is 17.1 Å². The summed E-state index contributed by atoms with van der Waals surface area (Å²) in [5.41, 5.74) is 4.08. The van der Waals surface area contributed by atoms with Gasteiger partial charge in [0.2, 0.25) is 0 Å². The first-order valence-electron chi connectivity index (χ1n) is 12.6. The molecule has 0 bridgehead atoms. The maximum Gasteiger partial charge on any atom is 0.269 e. The Kier molecular flexibility index (Phi) is 7.39. The third-order valence-electron chi connectivity index (χ3n) is 6.67. The number of morpholine rings is 1. The molecule has 2 saturated heterocycles. The minimum Gasteiger partial charge on any atom is -0.378 e. The average molecular weight is 563 g/mol. The number of nitrogens with zero attached hydrogens (tertiary/aromatic N) is 4. The van der Waals surface area contributed by atoms with Crippen LogP contribution in [0.1, 0.15) is 12.5 Å². The van der Waals surface area contributed by atoms with Gasteiger partial charge in [0.1, 0.15) is 9.93 Å². The molecule has 3 aliphatic heterocycles. The Hall–Kier alpha value is -2.91. The van der Waals surface area contributed by atoms with Crippen molar-refractivity contribution in [2.24, 2.45) is 4.99 Å². The van der Waals surface area contributed by atoms with Crippen LogP contribution in [0.15, 0.2) is 92.6 Å². The number of hydrogen-bond donors (Lipinski definition) is 0. The van der Waals surface area contributed by atoms with E-state index in [2.05, 4.69) is 28.9 Å². The van der Waals surface area contributed by atoms with Crippen LogP contribution in [0, 0.1) is 0 Å². The van der Waals surface area contributed by atoms with Gasteiger partial charge >= 0.3 is 0 Å². The Morgan fingerprint density at radius 1 is 0.947 bits per heavy atom. The Morgan fingerprint density at radius 2 is 1.71 bits per heavy atom. The van der Waals surface area contributed by atoms with E-state index in [1.54, 1.807) is 16.7 Å². The fourth-order valence-electron chi connectivity index (χ4n) is 4.73. The molecule has 1 amide bonds. The summed E-state index contributed by atoms with van der Waals surface area (Å²) >= 11 is 9.38. The highest BCUT2D eigenvalue weighted by Crippen LogP contribution is 2.51. The first-order valence-corrected chi connectivity index (χ1v) is 14.7. The Labute approximate surface area is 236 Å². The van der Waals surface area contributed by atoms with Crippen LogP contribution < -0.4 is 9.80 Å². The lowest BCUT2D eigenvalue weighted by Gasteiger charge is -2.28. The van der Waals surface area contributed by atoms with Crippen molar-refractivity contribution >= 4 is 63.3 Å². The van der Waals surface area contributed by atoms with E-state index in [0.717, 1.165) is 65.4 Å². The van der Waals surface area contributed by atoms with Gasteiger partial charge in [-0.1, -0.05) is 53.7 Å². The Balaban J connectivity index is 1.35. The van der Waals surface area contributed by atoms with Crippen LogP contribution >= 0.6 is 35.1 Å². The first-order chi connectivity index (χ1) is 18.6. The molecule has 3 aromatic rings. The van der Waals surface area contributed by atoms with Crippen molar-refractivity contribution in [3.8, 4) is 0 Å². The van der Waals surface area contributed by atoms with E-state index in [-0.39, 0.29) is 5.91 Å². The molecule has 0 aliphatic carbocycles. The van der Waals surface area contributed by atoms with Crippen molar-refractivity contribution < 1.29 is 9.53 Å². The smallest absolute Gasteiger partial charge is 0.269 e. The minimum atomic E-state index is -0.0256. The van der Waals surface area contributed by atoms with Crippen molar-refractivity contribution in [1.29, 1.82) is 0 Å². The van der Waals surface area contributed by atoms with Crippen molar-refractivity contribution in [2.45, 2.75) is 18.4 Å². The van der Waals surface area contributed by atoms with Gasteiger partial charge in [-0.15, -0.1) is 0 Å². The molecule has 0 N–H and O–H groups in total. The number of rotatable bonds is 5. The summed E-state index contributed by atoms with van der Waals surface area (Å²) in [5, 5.41) is 2.31. The minimum absolute atomic E-state index is 0.0256. The highest BCUT2D eigenvalue weighted by Gasteiger charge is 2.39. The van der Waals surface area contributed by atoms with Crippen LogP contribution in [0.3, 0.4) is 0 Å². The number of benzene rings is 3. The van der Waals surface area contributed by atoms with Gasteiger partial charge in [0.25, 0.3) is 5.91 Å². The lowest BCUT2D eigenvalue weighted by Crippen LogP contribution is -2.36. The number of aliphatic imine (C=N–C) groups is 1. The Bertz CT molecular complexity index is 1410. The molecular weight excluding hydrogens is 536 g/mol. The third kappa shape index (κ3) is 5.06. The maximum atomic E-state index is 13.9. The zero-order valence-electron chi connectivity index (χ0n) is 21.0. The molecule has 2 fully saturated rings. The topological polar surface area (TPSA) is 48.4 Å². The van der Waals surface area contributed by atoms with Crippen molar-refractivity contribution in [1.82, 2.24) is 4.90 Å². The van der Waals surface area contributed by atoms with E-state index in [1.165, 1.54) is 11.8 Å². The standard InChI is InChI=1S/C29H27ClN4O2S2/c1-2-33-24-18-21(30)8-13-25(24)37-28(33)26-27(35)34(19-20-6-4-3-5-7-20)29(38-26)31-22-9-11-23(12-10-22)32-14-16-36-17-15-32/h3-13,18H,2,14-17,19H2,1H3/b28-26-,31-29?. The van der Waals surface area contributed by atoms with Gasteiger partial charge in [0.05, 0.1) is 31.1 Å². The highest BCUT2D eigenvalue weighted by molar-refractivity contribution is 8.19. The van der Waals surface area contributed by atoms with Crippen LogP contribution in [0.5, 0.6) is 0 Å². The number of ether oxygens (including phenoxy) is 1. The van der Waals surface area contributed by atoms with E-state index in [4.69, 9.17) is 21.3 Å². The van der Waals surface area contributed by atoms with Crippen LogP contribution in [-0.4, -0.2) is 48.8 Å². The average Bonchev–Trinajstić information content (AvgIpc) is 3.46. The van der Waals surface area contributed by atoms with Crippen LogP contribution in [-0.2, 0) is 16.1 Å². The van der Waals surface area contributed by atoms with Gasteiger partial charge in [0, 0.05) is 35.2 Å². The van der Waals surface area contributed by atoms with E-state index >= 15 is 0 Å². The Morgan fingerprint density at radius 3 is 2.45 bits per heavy atom. The summed E-state index contributed by atoms with van der Waals surface area (Å²) < 4.78 is 5.48. The van der Waals surface area contributed by atoms with Gasteiger partial charge < -0.3 is 14.5 Å². The van der Waals surface area contributed by atoms with Crippen LogP contribution in [0.25, 0.3) is 0 Å². The first kappa shape index (κ1) is 25.4. The summed E-state index contributed by atoms with van der Waals surface area (Å²) in [5.74, 6) is -0.0256. The van der Waals surface area contributed by atoms with E-state index in [9.17, 15) is 4.79 Å². The number of amidine groups is 1. The molecule has 0 spiro atoms. The van der Waals surface area contributed by atoms with E-state index < -0.39 is 0 Å². The molecule has 3 heterocycles. The van der Waals surface area contributed by atoms with Gasteiger partial charge in [-0.3, -0.25) is 9.69 Å². The van der Waals surface area contributed by atoms with Gasteiger partial charge in [-0.2, -0.15) is 0 Å². The molecule has 3 aliphatic rings. The number of fused-ring (bicyclic) bond motifs is 1. The monoisotopic (exact) mass is 562 g/mol. The van der Waals surface area contributed by atoms with Crippen molar-refractivity contribution in [2.75, 3.05) is 42.6 Å². The molecule has 9 heteroatoms. The number of anilines is 2. The van der Waals surface area contributed by atoms with Crippen LogP contribution in [0.2, 0.25) is 5.02 Å². The number of thioether (sulfide) groups is 2. The molecule has 0 atom stereocenters. The SMILES string of the molecule is CCN1/C(=C2/SC(=Nc3ccc(N4CCOCC4)cc3)N(Cc3ccccc3)C2=O)Sc2ccc(Cl)cc21. The van der Waals surface area contributed by atoms with E-state index in [0.29, 0.717) is 21.6 Å². The third-order valence-corrected chi connectivity index (χ3v) is 9.29. The molecule has 0 unspecified atom stereocenters. The van der Waals surface area contributed by atoms with Crippen molar-refractivity contribution in [3.63, 3.8) is 0 Å². The summed E-state index contributed by atoms with van der Waals surface area (Å²) in [7, 11) is 0. The normalized spacial score (nSPS) is 20.5. The molecular formula is C29H27ClN4O2S2. The second-order valence-electron chi connectivity index (χ2n) is 9.08. The number of hydrogen-bond acceptors (Lipinski definition) is 7. The van der Waals surface area contributed by atoms with Gasteiger partial charge in [-0.05, 0) is 66.7 Å². The number of amides is 1. The maximum absolute atomic E-state index is 13.9. The molecule has 0 aromatic heterocycles. The fourth-order valence-corrected chi connectivity index (χ4v) is 7.27. The quantitative estimate of drug-likeness (QED) is 0.321. The predicted molar refractivity (Wildman–Crippen MR) is 159 cm³/mol. The zero-order valence-corrected chi connectivity index (χ0v) is 23.4.